The molecule has 2 aliphatic heterocycles. The maximum Gasteiger partial charge on any atom is 0.326 e. The van der Waals surface area contributed by atoms with E-state index in [0.717, 1.165) is 25.1 Å². The number of hydrogen-bond acceptors (Lipinski definition) is 4. The van der Waals surface area contributed by atoms with Crippen LogP contribution in [0.25, 0.3) is 0 Å². The molecule has 0 aromatic carbocycles. The number of carboxylic acid groups (broad SMARTS) is 1. The Balaban J connectivity index is 2.15. The van der Waals surface area contributed by atoms with Gasteiger partial charge in [0.2, 0.25) is 0 Å². The molecule has 0 aromatic rings. The summed E-state index contributed by atoms with van der Waals surface area (Å²) < 4.78 is 0. The minimum Gasteiger partial charge on any atom is -0.480 e. The largest absolute Gasteiger partial charge is 0.480 e. The average molecular weight is 169 g/mol. The minimum absolute atomic E-state index is 0.368. The van der Waals surface area contributed by atoms with Gasteiger partial charge in [0.25, 0.3) is 0 Å². The molecule has 0 spiro atoms. The molecule has 0 aliphatic carbocycles. The Kier molecular flexibility index (Phi) is 1.64. The van der Waals surface area contributed by atoms with Crippen LogP contribution < -0.4 is 5.43 Å². The third kappa shape index (κ3) is 1.01. The van der Waals surface area contributed by atoms with E-state index in [4.69, 9.17) is 5.11 Å². The van der Waals surface area contributed by atoms with Crippen molar-refractivity contribution in [2.24, 2.45) is 5.10 Å². The SMILES string of the molecule is O=C(O)C1CCCC2=NNCN21. The molecule has 1 fully saturated rings. The molecular formula is C7H11N3O2. The van der Waals surface area contributed by atoms with Crippen LogP contribution in [0.1, 0.15) is 19.3 Å². The molecule has 2 aliphatic rings. The number of hydrazone groups is 1. The van der Waals surface area contributed by atoms with Crippen LogP contribution in [0, 0.1) is 0 Å². The predicted octanol–water partition coefficient (Wildman–Crippen LogP) is -0.200. The molecule has 5 nitrogen and oxygen atoms in total. The van der Waals surface area contributed by atoms with Crippen LogP contribution in [0.4, 0.5) is 0 Å². The first kappa shape index (κ1) is 7.39. The molecule has 0 saturated carbocycles. The van der Waals surface area contributed by atoms with E-state index in [1.54, 1.807) is 0 Å². The summed E-state index contributed by atoms with van der Waals surface area (Å²) in [7, 11) is 0. The van der Waals surface area contributed by atoms with Crippen molar-refractivity contribution in [1.82, 2.24) is 10.3 Å². The summed E-state index contributed by atoms with van der Waals surface area (Å²) in [6.45, 7) is 0.548. The van der Waals surface area contributed by atoms with Crippen molar-refractivity contribution in [2.75, 3.05) is 6.67 Å². The number of hydrogen-bond donors (Lipinski definition) is 2. The monoisotopic (exact) mass is 169 g/mol. The second-order valence-corrected chi connectivity index (χ2v) is 3.06. The number of carbonyl (C=O) groups is 1. The highest BCUT2D eigenvalue weighted by Gasteiger charge is 2.33. The molecule has 0 amide bonds. The lowest BCUT2D eigenvalue weighted by Gasteiger charge is -2.30. The molecule has 0 radical (unpaired) electrons. The fraction of sp³-hybridized carbons (Fsp3) is 0.714. The van der Waals surface area contributed by atoms with Crippen molar-refractivity contribution >= 4 is 11.8 Å². The van der Waals surface area contributed by atoms with Gasteiger partial charge < -0.3 is 10.0 Å². The van der Waals surface area contributed by atoms with Gasteiger partial charge in [-0.25, -0.2) is 4.79 Å². The number of carboxylic acids is 1. The Morgan fingerprint density at radius 1 is 1.75 bits per heavy atom. The van der Waals surface area contributed by atoms with Crippen LogP contribution in [-0.4, -0.2) is 34.5 Å². The molecule has 1 unspecified atom stereocenters. The van der Waals surface area contributed by atoms with E-state index in [1.807, 2.05) is 4.90 Å². The van der Waals surface area contributed by atoms with Gasteiger partial charge in [-0.2, -0.15) is 5.10 Å². The summed E-state index contributed by atoms with van der Waals surface area (Å²) in [6.07, 6.45) is 2.56. The van der Waals surface area contributed by atoms with Crippen molar-refractivity contribution in [3.05, 3.63) is 0 Å². The highest BCUT2D eigenvalue weighted by molar-refractivity contribution is 5.89. The molecule has 0 bridgehead atoms. The van der Waals surface area contributed by atoms with Gasteiger partial charge in [-0.05, 0) is 12.8 Å². The predicted molar refractivity (Wildman–Crippen MR) is 42.6 cm³/mol. The van der Waals surface area contributed by atoms with Gasteiger partial charge in [0.05, 0.1) is 0 Å². The maximum absolute atomic E-state index is 10.8. The maximum atomic E-state index is 10.8. The highest BCUT2D eigenvalue weighted by atomic mass is 16.4. The lowest BCUT2D eigenvalue weighted by molar-refractivity contribution is -0.142. The van der Waals surface area contributed by atoms with Crippen molar-refractivity contribution in [2.45, 2.75) is 25.3 Å². The van der Waals surface area contributed by atoms with Crippen molar-refractivity contribution in [3.63, 3.8) is 0 Å². The van der Waals surface area contributed by atoms with E-state index in [1.165, 1.54) is 0 Å². The lowest BCUT2D eigenvalue weighted by atomic mass is 10.0. The van der Waals surface area contributed by atoms with E-state index < -0.39 is 5.97 Å². The van der Waals surface area contributed by atoms with Gasteiger partial charge in [0.15, 0.2) is 0 Å². The van der Waals surface area contributed by atoms with Gasteiger partial charge in [-0.3, -0.25) is 5.43 Å². The summed E-state index contributed by atoms with van der Waals surface area (Å²) in [6, 6.07) is -0.368. The van der Waals surface area contributed by atoms with Crippen molar-refractivity contribution < 1.29 is 9.90 Å². The van der Waals surface area contributed by atoms with Crippen molar-refractivity contribution in [1.29, 1.82) is 0 Å². The summed E-state index contributed by atoms with van der Waals surface area (Å²) >= 11 is 0. The number of aliphatic carboxylic acids is 1. The number of fused-ring (bicyclic) bond motifs is 1. The first-order valence-corrected chi connectivity index (χ1v) is 4.08. The molecule has 66 valence electrons. The molecule has 1 atom stereocenters. The minimum atomic E-state index is -0.744. The fourth-order valence-corrected chi connectivity index (χ4v) is 1.71. The number of nitrogens with zero attached hydrogens (tertiary/aromatic N) is 2. The molecule has 2 rings (SSSR count). The Bertz CT molecular complexity index is 239. The summed E-state index contributed by atoms with van der Waals surface area (Å²) in [5.41, 5.74) is 2.80. The smallest absolute Gasteiger partial charge is 0.326 e. The summed E-state index contributed by atoms with van der Waals surface area (Å²) in [4.78, 5) is 12.6. The topological polar surface area (TPSA) is 64.9 Å². The van der Waals surface area contributed by atoms with E-state index in [0.29, 0.717) is 6.67 Å². The van der Waals surface area contributed by atoms with Crippen LogP contribution in [0.3, 0.4) is 0 Å². The second-order valence-electron chi connectivity index (χ2n) is 3.06. The molecule has 1 saturated heterocycles. The van der Waals surface area contributed by atoms with Gasteiger partial charge in [-0.1, -0.05) is 0 Å². The first-order chi connectivity index (χ1) is 5.79. The van der Waals surface area contributed by atoms with E-state index >= 15 is 0 Å². The van der Waals surface area contributed by atoms with E-state index in [9.17, 15) is 4.79 Å². The molecule has 5 heteroatoms. The molecule has 2 heterocycles. The Morgan fingerprint density at radius 2 is 2.58 bits per heavy atom. The number of amidine groups is 1. The highest BCUT2D eigenvalue weighted by Crippen LogP contribution is 2.20. The standard InChI is InChI=1S/C7H11N3O2/c11-7(12)5-2-1-3-6-9-8-4-10(5)6/h5,8H,1-4H2,(H,11,12). The summed E-state index contributed by atoms with van der Waals surface area (Å²) in [5.74, 6) is 0.153. The lowest BCUT2D eigenvalue weighted by Crippen LogP contribution is -2.46. The van der Waals surface area contributed by atoms with Gasteiger partial charge in [-0.15, -0.1) is 0 Å². The Morgan fingerprint density at radius 3 is 3.33 bits per heavy atom. The Hall–Kier alpha value is -1.26. The molecule has 0 aromatic heterocycles. The van der Waals surface area contributed by atoms with Gasteiger partial charge >= 0.3 is 5.97 Å². The van der Waals surface area contributed by atoms with Crippen LogP contribution in [0.5, 0.6) is 0 Å². The van der Waals surface area contributed by atoms with Crippen LogP contribution in [-0.2, 0) is 4.79 Å². The quantitative estimate of drug-likeness (QED) is 0.570. The fourth-order valence-electron chi connectivity index (χ4n) is 1.71. The third-order valence-electron chi connectivity index (χ3n) is 2.32. The van der Waals surface area contributed by atoms with Crippen molar-refractivity contribution in [3.8, 4) is 0 Å². The number of rotatable bonds is 1. The normalized spacial score (nSPS) is 27.5. The number of nitrogens with one attached hydrogen (secondary N) is 1. The number of piperidine rings is 1. The average Bonchev–Trinajstić information content (AvgIpc) is 2.49. The van der Waals surface area contributed by atoms with Crippen LogP contribution >= 0.6 is 0 Å². The zero-order chi connectivity index (χ0) is 8.55. The zero-order valence-corrected chi connectivity index (χ0v) is 6.66. The molecular weight excluding hydrogens is 158 g/mol. The molecule has 2 N–H and O–H groups in total. The third-order valence-corrected chi connectivity index (χ3v) is 2.32. The van der Waals surface area contributed by atoms with Crippen LogP contribution in [0.2, 0.25) is 0 Å². The van der Waals surface area contributed by atoms with Gasteiger partial charge in [0, 0.05) is 6.42 Å². The van der Waals surface area contributed by atoms with E-state index in [2.05, 4.69) is 10.5 Å². The summed E-state index contributed by atoms with van der Waals surface area (Å²) in [5, 5.41) is 12.9. The van der Waals surface area contributed by atoms with E-state index in [-0.39, 0.29) is 6.04 Å². The van der Waals surface area contributed by atoms with Gasteiger partial charge in [0.1, 0.15) is 18.5 Å². The molecule has 12 heavy (non-hydrogen) atoms. The van der Waals surface area contributed by atoms with Crippen LogP contribution in [0.15, 0.2) is 5.10 Å². The Labute approximate surface area is 70.0 Å². The zero-order valence-electron chi connectivity index (χ0n) is 6.66. The second kappa shape index (κ2) is 2.66. The first-order valence-electron chi connectivity index (χ1n) is 4.08.